The summed E-state index contributed by atoms with van der Waals surface area (Å²) >= 11 is 0. The van der Waals surface area contributed by atoms with Gasteiger partial charge in [0.05, 0.1) is 36.1 Å². The number of hydrogen-bond donors (Lipinski definition) is 0. The zero-order valence-corrected chi connectivity index (χ0v) is 17.3. The van der Waals surface area contributed by atoms with Gasteiger partial charge in [0.15, 0.2) is 11.5 Å². The molecule has 31 heavy (non-hydrogen) atoms. The number of fused-ring (bicyclic) bond motifs is 3. The monoisotopic (exact) mass is 422 g/mol. The van der Waals surface area contributed by atoms with E-state index in [9.17, 15) is 4.39 Å². The number of nitrogens with zero attached hydrogens (tertiary/aromatic N) is 6. The van der Waals surface area contributed by atoms with Crippen LogP contribution in [0.2, 0.25) is 0 Å². The molecule has 0 bridgehead atoms. The van der Waals surface area contributed by atoms with Crippen molar-refractivity contribution in [2.45, 2.75) is 13.5 Å². The average Bonchev–Trinajstić information content (AvgIpc) is 3.25. The molecule has 1 aliphatic rings. The molecular weight excluding hydrogens is 399 g/mol. The molecule has 0 unspecified atom stereocenters. The topological polar surface area (TPSA) is 77.7 Å². The van der Waals surface area contributed by atoms with Crippen molar-refractivity contribution >= 4 is 16.7 Å². The van der Waals surface area contributed by atoms with Gasteiger partial charge in [0.2, 0.25) is 0 Å². The summed E-state index contributed by atoms with van der Waals surface area (Å²) in [5.41, 5.74) is 5.23. The molecule has 4 heterocycles. The number of morpholine rings is 1. The first-order chi connectivity index (χ1) is 15.2. The molecule has 3 aromatic heterocycles. The van der Waals surface area contributed by atoms with Crippen molar-refractivity contribution in [2.75, 3.05) is 39.6 Å². The molecule has 4 aromatic rings. The zero-order chi connectivity index (χ0) is 21.2. The molecule has 9 heteroatoms. The van der Waals surface area contributed by atoms with Gasteiger partial charge >= 0.3 is 0 Å². The maximum Gasteiger partial charge on any atom is 0.183 e. The Hall–Kier alpha value is -3.17. The van der Waals surface area contributed by atoms with Gasteiger partial charge in [-0.15, -0.1) is 10.2 Å². The van der Waals surface area contributed by atoms with E-state index in [0.29, 0.717) is 17.2 Å². The number of alkyl halides is 1. The fraction of sp³-hybridized carbons (Fsp3) is 0.364. The Labute approximate surface area is 178 Å². The van der Waals surface area contributed by atoms with E-state index in [1.807, 2.05) is 17.4 Å². The summed E-state index contributed by atoms with van der Waals surface area (Å²) in [6.45, 7) is 5.59. The molecular formula is C22H23FN6O2. The van der Waals surface area contributed by atoms with E-state index in [2.05, 4.69) is 32.2 Å². The molecule has 0 radical (unpaired) electrons. The average molecular weight is 422 g/mol. The van der Waals surface area contributed by atoms with Crippen LogP contribution >= 0.6 is 0 Å². The Balaban J connectivity index is 1.60. The highest BCUT2D eigenvalue weighted by Crippen LogP contribution is 2.27. The highest BCUT2D eigenvalue weighted by Gasteiger charge is 2.17. The van der Waals surface area contributed by atoms with Crippen LogP contribution in [0.5, 0.6) is 5.75 Å². The maximum absolute atomic E-state index is 12.5. The lowest BCUT2D eigenvalue weighted by molar-refractivity contribution is 0.0342. The highest BCUT2D eigenvalue weighted by molar-refractivity contribution is 5.81. The summed E-state index contributed by atoms with van der Waals surface area (Å²) in [5.74, 6) is 1.14. The molecule has 5 rings (SSSR count). The lowest BCUT2D eigenvalue weighted by atomic mass is 10.1. The minimum absolute atomic E-state index is 0.0113. The largest absolute Gasteiger partial charge is 0.489 e. The summed E-state index contributed by atoms with van der Waals surface area (Å²) in [5, 5.41) is 8.80. The molecule has 1 fully saturated rings. The second-order valence-electron chi connectivity index (χ2n) is 7.54. The number of ether oxygens (including phenoxy) is 2. The third kappa shape index (κ3) is 3.94. The van der Waals surface area contributed by atoms with Crippen LogP contribution in [0.15, 0.2) is 36.7 Å². The minimum Gasteiger partial charge on any atom is -0.489 e. The number of aromatic nitrogens is 5. The standard InChI is InChI=1S/C22H23FN6O2/c1-15-21-26-27-22(17-11-18(13-24-12-17)31-7-4-23)29(21)20-10-16(2-3-19(20)25-15)14-28-5-8-30-9-6-28/h2-3,10-13H,4-9,14H2,1H3. The van der Waals surface area contributed by atoms with E-state index < -0.39 is 6.67 Å². The summed E-state index contributed by atoms with van der Waals surface area (Å²) in [7, 11) is 0. The van der Waals surface area contributed by atoms with E-state index in [0.717, 1.165) is 55.1 Å². The van der Waals surface area contributed by atoms with Crippen LogP contribution in [0, 0.1) is 6.92 Å². The Morgan fingerprint density at radius 1 is 1.13 bits per heavy atom. The first kappa shape index (κ1) is 19.8. The number of aryl methyl sites for hydroxylation is 1. The normalized spacial score (nSPS) is 15.0. The van der Waals surface area contributed by atoms with E-state index >= 15 is 0 Å². The van der Waals surface area contributed by atoms with E-state index in [-0.39, 0.29) is 6.61 Å². The van der Waals surface area contributed by atoms with E-state index in [1.54, 1.807) is 18.5 Å². The number of hydrogen-bond acceptors (Lipinski definition) is 7. The van der Waals surface area contributed by atoms with Crippen molar-refractivity contribution in [2.24, 2.45) is 0 Å². The molecule has 160 valence electrons. The van der Waals surface area contributed by atoms with Crippen molar-refractivity contribution in [3.05, 3.63) is 47.9 Å². The highest BCUT2D eigenvalue weighted by atomic mass is 19.1. The number of benzene rings is 1. The molecule has 0 atom stereocenters. The van der Waals surface area contributed by atoms with E-state index in [1.165, 1.54) is 5.56 Å². The van der Waals surface area contributed by atoms with Crippen molar-refractivity contribution in [3.63, 3.8) is 0 Å². The summed E-state index contributed by atoms with van der Waals surface area (Å²) in [4.78, 5) is 11.3. The van der Waals surface area contributed by atoms with Crippen LogP contribution in [0.25, 0.3) is 28.1 Å². The second kappa shape index (κ2) is 8.52. The van der Waals surface area contributed by atoms with Crippen molar-refractivity contribution in [3.8, 4) is 17.1 Å². The van der Waals surface area contributed by atoms with E-state index in [4.69, 9.17) is 14.5 Å². The Bertz CT molecular complexity index is 1220. The number of pyridine rings is 1. The fourth-order valence-electron chi connectivity index (χ4n) is 3.90. The number of halogens is 1. The molecule has 0 N–H and O–H groups in total. The van der Waals surface area contributed by atoms with Crippen molar-refractivity contribution in [1.29, 1.82) is 0 Å². The molecule has 0 saturated carbocycles. The summed E-state index contributed by atoms with van der Waals surface area (Å²) in [6, 6.07) is 8.11. The van der Waals surface area contributed by atoms with Crippen molar-refractivity contribution in [1.82, 2.24) is 29.5 Å². The Morgan fingerprint density at radius 3 is 2.84 bits per heavy atom. The van der Waals surface area contributed by atoms with Crippen LogP contribution < -0.4 is 4.74 Å². The summed E-state index contributed by atoms with van der Waals surface area (Å²) in [6.07, 6.45) is 3.27. The predicted molar refractivity (Wildman–Crippen MR) is 114 cm³/mol. The lowest BCUT2D eigenvalue weighted by Gasteiger charge is -2.26. The quantitative estimate of drug-likeness (QED) is 0.473. The molecule has 1 aliphatic heterocycles. The minimum atomic E-state index is -0.556. The van der Waals surface area contributed by atoms with Crippen LogP contribution in [-0.4, -0.2) is 69.1 Å². The van der Waals surface area contributed by atoms with Crippen LogP contribution in [0.1, 0.15) is 11.3 Å². The maximum atomic E-state index is 12.5. The SMILES string of the molecule is Cc1nc2ccc(CN3CCOCC3)cc2n2c(-c3cncc(OCCF)c3)nnc12. The first-order valence-corrected chi connectivity index (χ1v) is 10.3. The molecule has 0 spiro atoms. The zero-order valence-electron chi connectivity index (χ0n) is 17.3. The van der Waals surface area contributed by atoms with Gasteiger partial charge in [0.1, 0.15) is 19.0 Å². The lowest BCUT2D eigenvalue weighted by Crippen LogP contribution is -2.35. The van der Waals surface area contributed by atoms with Gasteiger partial charge in [-0.05, 0) is 30.7 Å². The van der Waals surface area contributed by atoms with Gasteiger partial charge in [-0.2, -0.15) is 0 Å². The molecule has 0 aliphatic carbocycles. The van der Waals surface area contributed by atoms with Gasteiger partial charge in [-0.1, -0.05) is 6.07 Å². The molecule has 0 amide bonds. The predicted octanol–water partition coefficient (Wildman–Crippen LogP) is 2.83. The van der Waals surface area contributed by atoms with Crippen LogP contribution in [0.3, 0.4) is 0 Å². The third-order valence-electron chi connectivity index (χ3n) is 5.38. The number of rotatable bonds is 6. The fourth-order valence-corrected chi connectivity index (χ4v) is 3.90. The molecule has 1 saturated heterocycles. The van der Waals surface area contributed by atoms with Gasteiger partial charge in [-0.3, -0.25) is 14.3 Å². The molecule has 8 nitrogen and oxygen atoms in total. The first-order valence-electron chi connectivity index (χ1n) is 10.3. The van der Waals surface area contributed by atoms with Gasteiger partial charge in [-0.25, -0.2) is 9.37 Å². The van der Waals surface area contributed by atoms with Crippen molar-refractivity contribution < 1.29 is 13.9 Å². The Morgan fingerprint density at radius 2 is 2.00 bits per heavy atom. The Kier molecular flexibility index (Phi) is 5.44. The molecule has 1 aromatic carbocycles. The van der Waals surface area contributed by atoms with Gasteiger partial charge < -0.3 is 9.47 Å². The van der Waals surface area contributed by atoms with Gasteiger partial charge in [0, 0.05) is 31.4 Å². The van der Waals surface area contributed by atoms with Crippen LogP contribution in [-0.2, 0) is 11.3 Å². The summed E-state index contributed by atoms with van der Waals surface area (Å²) < 4.78 is 25.4. The van der Waals surface area contributed by atoms with Crippen LogP contribution in [0.4, 0.5) is 4.39 Å². The second-order valence-corrected chi connectivity index (χ2v) is 7.54. The smallest absolute Gasteiger partial charge is 0.183 e. The van der Waals surface area contributed by atoms with Gasteiger partial charge in [0.25, 0.3) is 0 Å². The third-order valence-corrected chi connectivity index (χ3v) is 5.38.